The van der Waals surface area contributed by atoms with Crippen molar-refractivity contribution in [2.45, 2.75) is 13.8 Å². The molecule has 0 amide bonds. The fourth-order valence-electron chi connectivity index (χ4n) is 3.72. The maximum Gasteiger partial charge on any atom is 3.00 e. The molecule has 0 radical (unpaired) electrons. The summed E-state index contributed by atoms with van der Waals surface area (Å²) in [6, 6.07) is 43.5. The summed E-state index contributed by atoms with van der Waals surface area (Å²) in [7, 11) is 0. The standard InChI is InChI=1S/2C10H9NO.3C6H6O.Al/c2*1-7-5-6-8-3-2-4-9(12)10(8)11-7;3*7-6-4-2-1-3-5-6;/h2*2-6,12H,1H3;3*1-5,7H;/q;;;;;+3/p-3. The minimum absolute atomic E-state index is 0. The van der Waals surface area contributed by atoms with Crippen LogP contribution in [0.4, 0.5) is 0 Å². The zero-order valence-corrected chi connectivity index (χ0v) is 26.7. The van der Waals surface area contributed by atoms with Gasteiger partial charge in [-0.25, -0.2) is 9.97 Å². The maximum atomic E-state index is 10.3. The molecule has 8 heteroatoms. The Bertz CT molecular complexity index is 1700. The van der Waals surface area contributed by atoms with E-state index in [1.54, 1.807) is 48.5 Å². The number of para-hydroxylation sites is 5. The van der Waals surface area contributed by atoms with Gasteiger partial charge in [0.1, 0.15) is 22.5 Å². The smallest absolute Gasteiger partial charge is 0.872 e. The van der Waals surface area contributed by atoms with Gasteiger partial charge in [0, 0.05) is 22.2 Å². The van der Waals surface area contributed by atoms with Gasteiger partial charge in [-0.2, -0.15) is 0 Å². The van der Waals surface area contributed by atoms with E-state index in [2.05, 4.69) is 9.97 Å². The van der Waals surface area contributed by atoms with Crippen molar-refractivity contribution in [1.29, 1.82) is 0 Å². The number of nitrogens with zero attached hydrogens (tertiary/aromatic N) is 2. The largest absolute Gasteiger partial charge is 3.00 e. The van der Waals surface area contributed by atoms with E-state index >= 15 is 0 Å². The monoisotopic (exact) mass is 624 g/mol. The number of aromatic hydroxyl groups is 2. The second-order valence-electron chi connectivity index (χ2n) is 9.54. The Balaban J connectivity index is 0.000000204. The number of phenolic OH excluding ortho intramolecular Hbond substituents is 2. The molecule has 5 aromatic carbocycles. The normalized spacial score (nSPS) is 9.35. The molecular weight excluding hydrogens is 591 g/mol. The van der Waals surface area contributed by atoms with Crippen LogP contribution in [-0.2, 0) is 0 Å². The van der Waals surface area contributed by atoms with Crippen molar-refractivity contribution in [2.24, 2.45) is 0 Å². The summed E-state index contributed by atoms with van der Waals surface area (Å²) in [5, 5.41) is 51.6. The van der Waals surface area contributed by atoms with Crippen molar-refractivity contribution in [2.75, 3.05) is 0 Å². The van der Waals surface area contributed by atoms with Crippen molar-refractivity contribution in [3.63, 3.8) is 0 Å². The third-order valence-corrected chi connectivity index (χ3v) is 5.91. The first-order valence-corrected chi connectivity index (χ1v) is 14.0. The number of aryl methyl sites for hydroxylation is 2. The molecule has 0 aliphatic rings. The molecule has 0 spiro atoms. The Labute approximate surface area is 279 Å². The average molecular weight is 625 g/mol. The Kier molecular flexibility index (Phi) is 15.7. The van der Waals surface area contributed by atoms with Crippen LogP contribution in [0.25, 0.3) is 21.8 Å². The summed E-state index contributed by atoms with van der Waals surface area (Å²) in [5.41, 5.74) is 3.20. The number of hydrogen-bond donors (Lipinski definition) is 2. The van der Waals surface area contributed by atoms with E-state index in [4.69, 9.17) is 0 Å². The summed E-state index contributed by atoms with van der Waals surface area (Å²) in [6.45, 7) is 3.82. The number of rotatable bonds is 0. The third kappa shape index (κ3) is 13.0. The van der Waals surface area contributed by atoms with Gasteiger partial charge in [-0.1, -0.05) is 127 Å². The van der Waals surface area contributed by atoms with Gasteiger partial charge in [-0.3, -0.25) is 0 Å². The van der Waals surface area contributed by atoms with Crippen LogP contribution in [0.3, 0.4) is 0 Å². The molecule has 7 aromatic rings. The topological polar surface area (TPSA) is 135 Å². The number of fused-ring (bicyclic) bond motifs is 2. The summed E-state index contributed by atoms with van der Waals surface area (Å²) in [4.78, 5) is 8.45. The Hall–Kier alpha value is -5.55. The van der Waals surface area contributed by atoms with Crippen LogP contribution in [-0.4, -0.2) is 37.5 Å². The first-order valence-electron chi connectivity index (χ1n) is 14.0. The van der Waals surface area contributed by atoms with E-state index < -0.39 is 0 Å². The molecule has 2 heterocycles. The number of phenols is 2. The summed E-state index contributed by atoms with van der Waals surface area (Å²) < 4.78 is 0. The molecule has 0 saturated carbocycles. The van der Waals surface area contributed by atoms with Crippen LogP contribution in [0.2, 0.25) is 0 Å². The van der Waals surface area contributed by atoms with Crippen molar-refractivity contribution in [1.82, 2.24) is 9.97 Å². The Morgan fingerprint density at radius 1 is 0.391 bits per heavy atom. The van der Waals surface area contributed by atoms with Crippen LogP contribution in [0.5, 0.6) is 28.7 Å². The van der Waals surface area contributed by atoms with Gasteiger partial charge in [0.05, 0.1) is 0 Å². The Morgan fingerprint density at radius 3 is 0.957 bits per heavy atom. The summed E-state index contributed by atoms with van der Waals surface area (Å²) >= 11 is 0. The van der Waals surface area contributed by atoms with E-state index in [1.165, 1.54) is 36.4 Å². The van der Waals surface area contributed by atoms with E-state index in [-0.39, 0.29) is 46.1 Å². The van der Waals surface area contributed by atoms with Crippen molar-refractivity contribution in [3.05, 3.63) is 163 Å². The van der Waals surface area contributed by atoms with Crippen molar-refractivity contribution < 1.29 is 25.5 Å². The van der Waals surface area contributed by atoms with Gasteiger partial charge in [0.25, 0.3) is 0 Å². The number of hydrogen-bond acceptors (Lipinski definition) is 7. The number of aromatic nitrogens is 2. The van der Waals surface area contributed by atoms with Gasteiger partial charge >= 0.3 is 17.4 Å². The zero-order valence-electron chi connectivity index (χ0n) is 25.5. The van der Waals surface area contributed by atoms with Crippen molar-refractivity contribution >= 4 is 39.2 Å². The Morgan fingerprint density at radius 2 is 0.696 bits per heavy atom. The molecule has 0 aliphatic carbocycles. The fourth-order valence-corrected chi connectivity index (χ4v) is 3.72. The second-order valence-corrected chi connectivity index (χ2v) is 9.54. The van der Waals surface area contributed by atoms with Gasteiger partial charge in [0.15, 0.2) is 0 Å². The van der Waals surface area contributed by atoms with Crippen LogP contribution < -0.4 is 15.3 Å². The molecule has 0 unspecified atom stereocenters. The molecule has 0 fully saturated rings. The van der Waals surface area contributed by atoms with Gasteiger partial charge < -0.3 is 25.5 Å². The maximum absolute atomic E-state index is 10.3. The van der Waals surface area contributed by atoms with E-state index in [9.17, 15) is 25.5 Å². The predicted molar refractivity (Wildman–Crippen MR) is 180 cm³/mol. The van der Waals surface area contributed by atoms with E-state index in [0.29, 0.717) is 11.0 Å². The van der Waals surface area contributed by atoms with E-state index in [0.717, 1.165) is 22.2 Å². The molecule has 46 heavy (non-hydrogen) atoms. The van der Waals surface area contributed by atoms with Gasteiger partial charge in [-0.15, -0.1) is 17.2 Å². The summed E-state index contributed by atoms with van der Waals surface area (Å²) in [5.74, 6) is 0.708. The second kappa shape index (κ2) is 19.7. The molecule has 0 bridgehead atoms. The minimum atomic E-state index is 0. The molecule has 2 N–H and O–H groups in total. The average Bonchev–Trinajstić information content (AvgIpc) is 3.04. The molecule has 2 aromatic heterocycles. The van der Waals surface area contributed by atoms with E-state index in [1.807, 2.05) is 80.6 Å². The minimum Gasteiger partial charge on any atom is -0.872 e. The fraction of sp³-hybridized carbons (Fsp3) is 0.0526. The molecular formula is C38H33AlN2O5. The number of pyridine rings is 2. The zero-order chi connectivity index (χ0) is 32.4. The predicted octanol–water partition coefficient (Wildman–Crippen LogP) is 6.40. The first kappa shape index (κ1) is 36.6. The van der Waals surface area contributed by atoms with Crippen LogP contribution in [0, 0.1) is 13.8 Å². The molecule has 7 rings (SSSR count). The van der Waals surface area contributed by atoms with Crippen molar-refractivity contribution in [3.8, 4) is 28.7 Å². The first-order chi connectivity index (χ1) is 21.7. The van der Waals surface area contributed by atoms with Crippen LogP contribution in [0.1, 0.15) is 11.4 Å². The quantitative estimate of drug-likeness (QED) is 0.187. The molecule has 0 saturated heterocycles. The molecule has 0 atom stereocenters. The molecule has 228 valence electrons. The third-order valence-electron chi connectivity index (χ3n) is 5.91. The van der Waals surface area contributed by atoms with Gasteiger partial charge in [-0.05, 0) is 38.1 Å². The molecule has 7 nitrogen and oxygen atoms in total. The summed E-state index contributed by atoms with van der Waals surface area (Å²) in [6.07, 6.45) is 0. The van der Waals surface area contributed by atoms with Crippen LogP contribution in [0.15, 0.2) is 152 Å². The molecule has 0 aliphatic heterocycles. The van der Waals surface area contributed by atoms with Crippen LogP contribution >= 0.6 is 0 Å². The number of benzene rings is 5. The SMILES string of the molecule is Cc1ccc2cccc(O)c2n1.Cc1ccc2cccc(O)c2n1.[Al+3].[O-]c1ccccc1.[O-]c1ccccc1.[O-]c1ccccc1. The van der Waals surface area contributed by atoms with Gasteiger partial charge in [0.2, 0.25) is 0 Å².